The first-order valence-electron chi connectivity index (χ1n) is 6.36. The number of carbonyl (C=O) groups excluding carboxylic acids is 4. The van der Waals surface area contributed by atoms with Crippen LogP contribution in [0.25, 0.3) is 0 Å². The van der Waals surface area contributed by atoms with E-state index < -0.39 is 35.8 Å². The summed E-state index contributed by atoms with van der Waals surface area (Å²) in [7, 11) is 3.63. The van der Waals surface area contributed by atoms with E-state index in [2.05, 4.69) is 19.5 Å². The van der Waals surface area contributed by atoms with Gasteiger partial charge in [0, 0.05) is 6.42 Å². The molecule has 0 aliphatic carbocycles. The lowest BCUT2D eigenvalue weighted by Crippen LogP contribution is -2.46. The molecular formula is C13H21NO7. The van der Waals surface area contributed by atoms with Crippen molar-refractivity contribution in [3.05, 3.63) is 0 Å². The van der Waals surface area contributed by atoms with Crippen molar-refractivity contribution in [2.75, 3.05) is 21.3 Å². The molecule has 0 radical (unpaired) electrons. The summed E-state index contributed by atoms with van der Waals surface area (Å²) in [6.45, 7) is 1.61. The molecule has 0 saturated heterocycles. The van der Waals surface area contributed by atoms with Crippen molar-refractivity contribution in [2.45, 2.75) is 32.2 Å². The summed E-state index contributed by atoms with van der Waals surface area (Å²) < 4.78 is 13.5. The molecule has 1 N–H and O–H groups in total. The lowest BCUT2D eigenvalue weighted by molar-refractivity contribution is -0.148. The van der Waals surface area contributed by atoms with Crippen molar-refractivity contribution in [3.63, 3.8) is 0 Å². The molecule has 8 heteroatoms. The van der Waals surface area contributed by atoms with Gasteiger partial charge in [0.2, 0.25) is 5.91 Å². The van der Waals surface area contributed by atoms with Crippen LogP contribution in [0.5, 0.6) is 0 Å². The van der Waals surface area contributed by atoms with Gasteiger partial charge < -0.3 is 19.5 Å². The molecule has 1 amide bonds. The van der Waals surface area contributed by atoms with Crippen molar-refractivity contribution in [1.29, 1.82) is 0 Å². The van der Waals surface area contributed by atoms with Gasteiger partial charge in [0.1, 0.15) is 6.04 Å². The molecule has 8 nitrogen and oxygen atoms in total. The van der Waals surface area contributed by atoms with E-state index in [-0.39, 0.29) is 19.3 Å². The van der Waals surface area contributed by atoms with Gasteiger partial charge in [0.05, 0.1) is 34.2 Å². The van der Waals surface area contributed by atoms with Crippen LogP contribution in [0, 0.1) is 5.92 Å². The largest absolute Gasteiger partial charge is 0.469 e. The van der Waals surface area contributed by atoms with E-state index in [9.17, 15) is 19.2 Å². The maximum absolute atomic E-state index is 11.7. The monoisotopic (exact) mass is 303 g/mol. The predicted molar refractivity (Wildman–Crippen MR) is 71.0 cm³/mol. The van der Waals surface area contributed by atoms with Crippen LogP contribution in [0.4, 0.5) is 0 Å². The van der Waals surface area contributed by atoms with Crippen LogP contribution in [0.15, 0.2) is 0 Å². The Balaban J connectivity index is 4.62. The molecule has 0 aliphatic heterocycles. The minimum absolute atomic E-state index is 0.0481. The fourth-order valence-corrected chi connectivity index (χ4v) is 1.59. The Labute approximate surface area is 123 Å². The summed E-state index contributed by atoms with van der Waals surface area (Å²) in [5, 5.41) is 2.45. The highest BCUT2D eigenvalue weighted by Crippen LogP contribution is 2.11. The molecule has 0 aromatic heterocycles. The maximum Gasteiger partial charge on any atom is 0.328 e. The molecule has 0 unspecified atom stereocenters. The van der Waals surface area contributed by atoms with E-state index in [0.717, 1.165) is 0 Å². The van der Waals surface area contributed by atoms with Gasteiger partial charge in [-0.15, -0.1) is 0 Å². The Hall–Kier alpha value is -2.12. The fourth-order valence-electron chi connectivity index (χ4n) is 1.59. The van der Waals surface area contributed by atoms with Crippen LogP contribution < -0.4 is 5.32 Å². The summed E-state index contributed by atoms with van der Waals surface area (Å²) in [5.41, 5.74) is 0. The van der Waals surface area contributed by atoms with Gasteiger partial charge in [-0.05, 0) is 5.92 Å². The van der Waals surface area contributed by atoms with Crippen LogP contribution in [0.2, 0.25) is 0 Å². The molecule has 120 valence electrons. The Morgan fingerprint density at radius 1 is 0.905 bits per heavy atom. The second-order valence-electron chi connectivity index (χ2n) is 4.40. The average Bonchev–Trinajstić information content (AvgIpc) is 2.48. The van der Waals surface area contributed by atoms with Gasteiger partial charge >= 0.3 is 17.9 Å². The smallest absolute Gasteiger partial charge is 0.328 e. The molecular weight excluding hydrogens is 282 g/mol. The number of hydrogen-bond donors (Lipinski definition) is 1. The topological polar surface area (TPSA) is 108 Å². The zero-order valence-corrected chi connectivity index (χ0v) is 12.6. The van der Waals surface area contributed by atoms with Crippen LogP contribution in [-0.2, 0) is 33.4 Å². The van der Waals surface area contributed by atoms with E-state index in [1.807, 2.05) is 0 Å². The van der Waals surface area contributed by atoms with Gasteiger partial charge in [0.25, 0.3) is 0 Å². The number of nitrogens with one attached hydrogen (secondary N) is 1. The third-order valence-corrected chi connectivity index (χ3v) is 2.84. The van der Waals surface area contributed by atoms with Crippen molar-refractivity contribution >= 4 is 23.8 Å². The number of amides is 1. The molecule has 0 aromatic rings. The first kappa shape index (κ1) is 18.9. The van der Waals surface area contributed by atoms with Crippen LogP contribution in [0.3, 0.4) is 0 Å². The highest BCUT2D eigenvalue weighted by Gasteiger charge is 2.29. The molecule has 2 atom stereocenters. The second-order valence-corrected chi connectivity index (χ2v) is 4.40. The summed E-state index contributed by atoms with van der Waals surface area (Å²) in [4.78, 5) is 45.6. The summed E-state index contributed by atoms with van der Waals surface area (Å²) in [5.74, 6) is -2.71. The number of rotatable bonds is 8. The molecule has 0 spiro atoms. The number of carbonyl (C=O) groups is 4. The number of methoxy groups -OCH3 is 3. The second kappa shape index (κ2) is 9.73. The number of ether oxygens (including phenoxy) is 3. The van der Waals surface area contributed by atoms with Crippen molar-refractivity contribution in [2.24, 2.45) is 5.92 Å². The molecule has 0 heterocycles. The third kappa shape index (κ3) is 7.28. The van der Waals surface area contributed by atoms with Crippen molar-refractivity contribution < 1.29 is 33.4 Å². The lowest BCUT2D eigenvalue weighted by Gasteiger charge is -2.22. The standard InChI is InChI=1S/C13H21NO7/c1-8(7-11(17)20-3)12(13(18)21-4)14-9(15)5-6-10(16)19-2/h8,12H,5-7H2,1-4H3,(H,14,15)/t8-,12+/m0/s1. The molecule has 21 heavy (non-hydrogen) atoms. The first-order valence-corrected chi connectivity index (χ1v) is 6.36. The summed E-state index contributed by atoms with van der Waals surface area (Å²) in [6.07, 6.45) is -0.264. The van der Waals surface area contributed by atoms with E-state index in [4.69, 9.17) is 0 Å². The van der Waals surface area contributed by atoms with Crippen LogP contribution in [-0.4, -0.2) is 51.2 Å². The molecule has 0 saturated carbocycles. The Morgan fingerprint density at radius 3 is 1.95 bits per heavy atom. The van der Waals surface area contributed by atoms with Crippen LogP contribution in [0.1, 0.15) is 26.2 Å². The van der Waals surface area contributed by atoms with Gasteiger partial charge in [-0.2, -0.15) is 0 Å². The number of hydrogen-bond acceptors (Lipinski definition) is 7. The highest BCUT2D eigenvalue weighted by atomic mass is 16.5. The minimum Gasteiger partial charge on any atom is -0.469 e. The van der Waals surface area contributed by atoms with Gasteiger partial charge in [-0.1, -0.05) is 6.92 Å². The van der Waals surface area contributed by atoms with E-state index in [1.165, 1.54) is 21.3 Å². The third-order valence-electron chi connectivity index (χ3n) is 2.84. The zero-order valence-electron chi connectivity index (χ0n) is 12.6. The maximum atomic E-state index is 11.7. The summed E-state index contributed by atoms with van der Waals surface area (Å²) >= 11 is 0. The van der Waals surface area contributed by atoms with E-state index in [0.29, 0.717) is 0 Å². The predicted octanol–water partition coefficient (Wildman–Crippen LogP) is -0.203. The molecule has 0 rings (SSSR count). The Kier molecular flexibility index (Phi) is 8.75. The minimum atomic E-state index is -0.987. The summed E-state index contributed by atoms with van der Waals surface area (Å²) in [6, 6.07) is -0.987. The SMILES string of the molecule is COC(=O)CCC(=O)N[C@@H](C(=O)OC)[C@@H](C)CC(=O)OC. The molecule has 0 fully saturated rings. The molecule has 0 bridgehead atoms. The van der Waals surface area contributed by atoms with Gasteiger partial charge in [-0.3, -0.25) is 14.4 Å². The highest BCUT2D eigenvalue weighted by molar-refractivity contribution is 5.87. The number of esters is 3. The van der Waals surface area contributed by atoms with Crippen molar-refractivity contribution in [3.8, 4) is 0 Å². The van der Waals surface area contributed by atoms with E-state index in [1.54, 1.807) is 6.92 Å². The Morgan fingerprint density at radius 2 is 1.48 bits per heavy atom. The fraction of sp³-hybridized carbons (Fsp3) is 0.692. The average molecular weight is 303 g/mol. The zero-order chi connectivity index (χ0) is 16.4. The Bertz CT molecular complexity index is 394. The molecule has 0 aliphatic rings. The normalized spacial score (nSPS) is 12.8. The van der Waals surface area contributed by atoms with Gasteiger partial charge in [0.15, 0.2) is 0 Å². The molecule has 0 aromatic carbocycles. The van der Waals surface area contributed by atoms with Crippen molar-refractivity contribution in [1.82, 2.24) is 5.32 Å². The quantitative estimate of drug-likeness (QED) is 0.488. The lowest BCUT2D eigenvalue weighted by atomic mass is 9.98. The van der Waals surface area contributed by atoms with E-state index >= 15 is 0 Å². The van der Waals surface area contributed by atoms with Gasteiger partial charge in [-0.25, -0.2) is 4.79 Å². The van der Waals surface area contributed by atoms with Crippen LogP contribution >= 0.6 is 0 Å². The first-order chi connectivity index (χ1) is 9.85.